The van der Waals surface area contributed by atoms with Gasteiger partial charge in [-0.25, -0.2) is 9.37 Å². The number of thiazole rings is 1. The van der Waals surface area contributed by atoms with Gasteiger partial charge in [-0.1, -0.05) is 11.6 Å². The highest BCUT2D eigenvalue weighted by Crippen LogP contribution is 2.38. The first-order valence-corrected chi connectivity index (χ1v) is 7.55. The topological polar surface area (TPSA) is 48.1 Å². The van der Waals surface area contributed by atoms with Crippen LogP contribution in [0.5, 0.6) is 11.5 Å². The predicted molar refractivity (Wildman–Crippen MR) is 83.2 cm³/mol. The van der Waals surface area contributed by atoms with Crippen LogP contribution in [0.4, 0.5) is 10.1 Å². The van der Waals surface area contributed by atoms with E-state index in [1.54, 1.807) is 11.6 Å². The molecule has 0 unspecified atom stereocenters. The maximum Gasteiger partial charge on any atom is 0.152 e. The maximum atomic E-state index is 13.5. The first-order chi connectivity index (χ1) is 9.56. The minimum atomic E-state index is -0.557. The molecule has 0 spiro atoms. The normalized spacial score (nSPS) is 10.9. The second kappa shape index (κ2) is 5.20. The molecular formula is C13H7BrClFN2OS. The number of nitrogens with two attached hydrogens (primary N) is 1. The van der Waals surface area contributed by atoms with E-state index in [2.05, 4.69) is 20.9 Å². The van der Waals surface area contributed by atoms with Crippen molar-refractivity contribution in [2.75, 3.05) is 5.73 Å². The van der Waals surface area contributed by atoms with Crippen LogP contribution in [0.25, 0.3) is 10.2 Å². The smallest absolute Gasteiger partial charge is 0.152 e. The van der Waals surface area contributed by atoms with Crippen LogP contribution in [0, 0.1) is 5.82 Å². The van der Waals surface area contributed by atoms with Crippen LogP contribution in [0.15, 0.2) is 34.2 Å². The van der Waals surface area contributed by atoms with Gasteiger partial charge >= 0.3 is 0 Å². The number of halogens is 3. The van der Waals surface area contributed by atoms with Crippen molar-refractivity contribution in [1.29, 1.82) is 0 Å². The number of hydrogen-bond donors (Lipinski definition) is 1. The number of fused-ring (bicyclic) bond motifs is 1. The number of hydrogen-bond acceptors (Lipinski definition) is 4. The molecular weight excluding hydrogens is 367 g/mol. The number of anilines is 1. The van der Waals surface area contributed by atoms with Crippen molar-refractivity contribution in [3.63, 3.8) is 0 Å². The van der Waals surface area contributed by atoms with Gasteiger partial charge in [0.1, 0.15) is 22.8 Å². The van der Waals surface area contributed by atoms with Crippen molar-refractivity contribution in [3.8, 4) is 11.5 Å². The van der Waals surface area contributed by atoms with Gasteiger partial charge in [-0.05, 0) is 34.1 Å². The van der Waals surface area contributed by atoms with E-state index in [1.165, 1.54) is 23.5 Å². The Morgan fingerprint density at radius 1 is 1.30 bits per heavy atom. The lowest BCUT2D eigenvalue weighted by atomic mass is 10.2. The quantitative estimate of drug-likeness (QED) is 0.494. The molecule has 0 aliphatic rings. The van der Waals surface area contributed by atoms with Crippen LogP contribution in [-0.2, 0) is 0 Å². The fraction of sp³-hybridized carbons (Fsp3) is 0. The van der Waals surface area contributed by atoms with Crippen molar-refractivity contribution in [2.45, 2.75) is 0 Å². The molecule has 0 bridgehead atoms. The lowest BCUT2D eigenvalue weighted by molar-refractivity contribution is 0.476. The van der Waals surface area contributed by atoms with Gasteiger partial charge in [-0.3, -0.25) is 0 Å². The molecule has 0 aliphatic carbocycles. The van der Waals surface area contributed by atoms with E-state index < -0.39 is 5.82 Å². The summed E-state index contributed by atoms with van der Waals surface area (Å²) in [7, 11) is 0. The van der Waals surface area contributed by atoms with E-state index in [9.17, 15) is 4.39 Å². The molecule has 3 nitrogen and oxygen atoms in total. The summed E-state index contributed by atoms with van der Waals surface area (Å²) in [6.07, 6.45) is 0. The van der Waals surface area contributed by atoms with Crippen LogP contribution in [0.1, 0.15) is 0 Å². The Kier molecular flexibility index (Phi) is 3.54. The fourth-order valence-electron chi connectivity index (χ4n) is 1.72. The molecule has 0 amide bonds. The fourth-order valence-corrected chi connectivity index (χ4v) is 3.14. The van der Waals surface area contributed by atoms with E-state index in [0.29, 0.717) is 27.2 Å². The van der Waals surface area contributed by atoms with Gasteiger partial charge in [0.05, 0.1) is 19.7 Å². The summed E-state index contributed by atoms with van der Waals surface area (Å²) in [5.41, 5.74) is 8.83. The summed E-state index contributed by atoms with van der Waals surface area (Å²) in [5.74, 6) is 0.164. The largest absolute Gasteiger partial charge is 0.454 e. The Bertz CT molecular complexity index is 808. The highest BCUT2D eigenvalue weighted by atomic mass is 79.9. The van der Waals surface area contributed by atoms with Gasteiger partial charge in [-0.15, -0.1) is 11.3 Å². The zero-order valence-corrected chi connectivity index (χ0v) is 13.0. The zero-order chi connectivity index (χ0) is 14.3. The second-order valence-corrected chi connectivity index (χ2v) is 6.12. The summed E-state index contributed by atoms with van der Waals surface area (Å²) < 4.78 is 20.7. The van der Waals surface area contributed by atoms with Gasteiger partial charge in [-0.2, -0.15) is 0 Å². The van der Waals surface area contributed by atoms with Crippen LogP contribution >= 0.6 is 38.9 Å². The predicted octanol–water partition coefficient (Wildman–Crippen LogP) is 5.23. The van der Waals surface area contributed by atoms with Crippen LogP contribution in [0.3, 0.4) is 0 Å². The van der Waals surface area contributed by atoms with Gasteiger partial charge < -0.3 is 10.5 Å². The number of benzene rings is 2. The van der Waals surface area contributed by atoms with Crippen molar-refractivity contribution in [3.05, 3.63) is 45.1 Å². The Morgan fingerprint density at radius 3 is 2.90 bits per heavy atom. The number of ether oxygens (including phenoxy) is 1. The molecule has 0 saturated heterocycles. The maximum absolute atomic E-state index is 13.5. The third-order valence-electron chi connectivity index (χ3n) is 2.70. The molecule has 0 radical (unpaired) electrons. The van der Waals surface area contributed by atoms with Gasteiger partial charge in [0.25, 0.3) is 0 Å². The molecule has 0 aliphatic heterocycles. The summed E-state index contributed by atoms with van der Waals surface area (Å²) >= 11 is 10.5. The van der Waals surface area contributed by atoms with E-state index in [4.69, 9.17) is 22.1 Å². The molecule has 1 aromatic heterocycles. The Hall–Kier alpha value is -1.37. The highest BCUT2D eigenvalue weighted by molar-refractivity contribution is 9.10. The Labute approximate surface area is 131 Å². The molecule has 0 atom stereocenters. The first-order valence-electron chi connectivity index (χ1n) is 5.50. The van der Waals surface area contributed by atoms with Crippen molar-refractivity contribution < 1.29 is 9.13 Å². The van der Waals surface area contributed by atoms with Gasteiger partial charge in [0, 0.05) is 6.07 Å². The van der Waals surface area contributed by atoms with Gasteiger partial charge in [0.2, 0.25) is 0 Å². The zero-order valence-electron chi connectivity index (χ0n) is 9.86. The third-order valence-corrected chi connectivity index (χ3v) is 4.40. The van der Waals surface area contributed by atoms with Gasteiger partial charge in [0.15, 0.2) is 5.75 Å². The molecule has 102 valence electrons. The monoisotopic (exact) mass is 372 g/mol. The summed E-state index contributed by atoms with van der Waals surface area (Å²) in [6.45, 7) is 0. The number of nitrogens with zero attached hydrogens (tertiary/aromatic N) is 1. The van der Waals surface area contributed by atoms with Crippen LogP contribution in [-0.4, -0.2) is 4.98 Å². The van der Waals surface area contributed by atoms with E-state index >= 15 is 0 Å². The van der Waals surface area contributed by atoms with Crippen LogP contribution < -0.4 is 10.5 Å². The summed E-state index contributed by atoms with van der Waals surface area (Å²) in [4.78, 5) is 4.18. The minimum Gasteiger partial charge on any atom is -0.454 e. The minimum absolute atomic E-state index is 0.0205. The molecule has 2 aromatic carbocycles. The highest BCUT2D eigenvalue weighted by Gasteiger charge is 2.13. The first kappa shape index (κ1) is 13.6. The number of nitrogen functional groups attached to an aromatic ring is 1. The Balaban J connectivity index is 2.05. The van der Waals surface area contributed by atoms with Crippen molar-refractivity contribution >= 4 is 54.8 Å². The average Bonchev–Trinajstić information content (AvgIpc) is 2.88. The van der Waals surface area contributed by atoms with E-state index in [-0.39, 0.29) is 5.02 Å². The van der Waals surface area contributed by atoms with E-state index in [0.717, 1.165) is 4.70 Å². The SMILES string of the molecule is Nc1c(Oc2cc(F)c(Cl)cc2Br)ccc2scnc12. The average molecular weight is 374 g/mol. The molecule has 0 saturated carbocycles. The summed E-state index contributed by atoms with van der Waals surface area (Å²) in [6, 6.07) is 6.23. The molecule has 3 rings (SSSR count). The van der Waals surface area contributed by atoms with E-state index in [1.807, 2.05) is 6.07 Å². The summed E-state index contributed by atoms with van der Waals surface area (Å²) in [5, 5.41) is 0.0205. The molecule has 3 aromatic rings. The molecule has 2 N–H and O–H groups in total. The molecule has 0 fully saturated rings. The standard InChI is InChI=1S/C13H7BrClFN2OS/c14-6-3-7(15)8(16)4-10(6)19-9-1-2-11-13(12(9)17)18-5-20-11/h1-5H,17H2. The molecule has 7 heteroatoms. The third kappa shape index (κ3) is 2.34. The molecule has 20 heavy (non-hydrogen) atoms. The number of aromatic nitrogens is 1. The number of rotatable bonds is 2. The van der Waals surface area contributed by atoms with Crippen molar-refractivity contribution in [1.82, 2.24) is 4.98 Å². The molecule has 1 heterocycles. The van der Waals surface area contributed by atoms with Crippen LogP contribution in [0.2, 0.25) is 5.02 Å². The Morgan fingerprint density at radius 2 is 2.10 bits per heavy atom. The second-order valence-electron chi connectivity index (χ2n) is 3.98. The lowest BCUT2D eigenvalue weighted by Crippen LogP contribution is -1.94. The lowest BCUT2D eigenvalue weighted by Gasteiger charge is -2.11. The van der Waals surface area contributed by atoms with Crippen molar-refractivity contribution in [2.24, 2.45) is 0 Å².